The van der Waals surface area contributed by atoms with Crippen molar-refractivity contribution in [2.45, 2.75) is 6.42 Å². The largest absolute Gasteiger partial charge is 0.294 e. The number of tetrazole rings is 1. The van der Waals surface area contributed by atoms with Crippen LogP contribution in [0.15, 0.2) is 30.6 Å². The molecule has 3 heterocycles. The molecule has 0 aliphatic heterocycles. The van der Waals surface area contributed by atoms with Crippen LogP contribution in [0.1, 0.15) is 16.2 Å². The first kappa shape index (κ1) is 10.6. The number of Topliss-reactive ketones (excluding diaryl/α,β-unsaturated/α-hetero) is 1. The maximum absolute atomic E-state index is 12.1. The Morgan fingerprint density at radius 3 is 3.06 bits per heavy atom. The number of hydrogen-bond acceptors (Lipinski definition) is 5. The zero-order valence-corrected chi connectivity index (χ0v) is 9.69. The lowest BCUT2D eigenvalue weighted by Gasteiger charge is -1.95. The summed E-state index contributed by atoms with van der Waals surface area (Å²) < 4.78 is 1.66. The fraction of sp³-hybridized carbons (Fsp3) is 0.182. The van der Waals surface area contributed by atoms with Crippen LogP contribution in [0.25, 0.3) is 5.52 Å². The highest BCUT2D eigenvalue weighted by Gasteiger charge is 2.15. The average molecular weight is 242 g/mol. The molecule has 0 bridgehead atoms. The van der Waals surface area contributed by atoms with Gasteiger partial charge < -0.3 is 0 Å². The minimum Gasteiger partial charge on any atom is -0.294 e. The number of nitrogens with zero attached hydrogens (tertiary/aromatic N) is 6. The molecule has 0 amide bonds. The maximum atomic E-state index is 12.1. The summed E-state index contributed by atoms with van der Waals surface area (Å²) in [6.45, 7) is 0. The van der Waals surface area contributed by atoms with Gasteiger partial charge in [0.2, 0.25) is 0 Å². The molecule has 0 saturated carbocycles. The predicted molar refractivity (Wildman–Crippen MR) is 62.0 cm³/mol. The van der Waals surface area contributed by atoms with Crippen LogP contribution in [0.5, 0.6) is 0 Å². The van der Waals surface area contributed by atoms with Crippen molar-refractivity contribution in [3.8, 4) is 0 Å². The van der Waals surface area contributed by atoms with Crippen molar-refractivity contribution < 1.29 is 4.79 Å². The zero-order chi connectivity index (χ0) is 12.5. The Hall–Kier alpha value is -2.57. The van der Waals surface area contributed by atoms with Crippen LogP contribution in [-0.2, 0) is 13.5 Å². The van der Waals surface area contributed by atoms with Crippen LogP contribution in [0, 0.1) is 0 Å². The molecule has 0 fully saturated rings. The monoisotopic (exact) mass is 242 g/mol. The summed E-state index contributed by atoms with van der Waals surface area (Å²) >= 11 is 0. The van der Waals surface area contributed by atoms with E-state index >= 15 is 0 Å². The number of carbonyl (C=O) groups is 1. The van der Waals surface area contributed by atoms with E-state index in [2.05, 4.69) is 20.5 Å². The lowest BCUT2D eigenvalue weighted by atomic mass is 10.1. The third-order valence-corrected chi connectivity index (χ3v) is 2.60. The second-order valence-corrected chi connectivity index (χ2v) is 3.88. The second-order valence-electron chi connectivity index (χ2n) is 3.88. The Bertz CT molecular complexity index is 713. The van der Waals surface area contributed by atoms with Crippen molar-refractivity contribution in [3.05, 3.63) is 42.0 Å². The first-order valence-electron chi connectivity index (χ1n) is 5.42. The van der Waals surface area contributed by atoms with Gasteiger partial charge in [0.05, 0.1) is 30.7 Å². The fourth-order valence-electron chi connectivity index (χ4n) is 1.78. The zero-order valence-electron chi connectivity index (χ0n) is 9.69. The first-order valence-corrected chi connectivity index (χ1v) is 5.42. The van der Waals surface area contributed by atoms with E-state index in [1.807, 2.05) is 18.2 Å². The molecule has 18 heavy (non-hydrogen) atoms. The Morgan fingerprint density at radius 2 is 2.28 bits per heavy atom. The fourth-order valence-corrected chi connectivity index (χ4v) is 1.78. The molecule has 0 aliphatic carbocycles. The molecule has 0 atom stereocenters. The summed E-state index contributed by atoms with van der Waals surface area (Å²) in [5, 5.41) is 15.6. The number of pyridine rings is 1. The second kappa shape index (κ2) is 4.02. The molecular weight excluding hydrogens is 232 g/mol. The van der Waals surface area contributed by atoms with E-state index in [1.165, 1.54) is 4.80 Å². The normalized spacial score (nSPS) is 10.9. The molecule has 7 nitrogen and oxygen atoms in total. The predicted octanol–water partition coefficient (Wildman–Crippen LogP) is 0.283. The van der Waals surface area contributed by atoms with E-state index in [-0.39, 0.29) is 12.2 Å². The lowest BCUT2D eigenvalue weighted by molar-refractivity contribution is 0.0992. The number of aryl methyl sites for hydroxylation is 1. The maximum Gasteiger partial charge on any atom is 0.182 e. The van der Waals surface area contributed by atoms with Gasteiger partial charge in [-0.3, -0.25) is 4.79 Å². The minimum absolute atomic E-state index is 0.0656. The van der Waals surface area contributed by atoms with Crippen molar-refractivity contribution in [1.29, 1.82) is 0 Å². The van der Waals surface area contributed by atoms with Gasteiger partial charge in [-0.2, -0.15) is 9.90 Å². The van der Waals surface area contributed by atoms with Crippen LogP contribution in [-0.4, -0.2) is 35.6 Å². The van der Waals surface area contributed by atoms with Gasteiger partial charge in [0, 0.05) is 6.20 Å². The summed E-state index contributed by atoms with van der Waals surface area (Å²) in [7, 11) is 1.66. The van der Waals surface area contributed by atoms with E-state index in [4.69, 9.17) is 0 Å². The van der Waals surface area contributed by atoms with Crippen molar-refractivity contribution in [2.24, 2.45) is 7.05 Å². The van der Waals surface area contributed by atoms with Crippen molar-refractivity contribution in [3.63, 3.8) is 0 Å². The van der Waals surface area contributed by atoms with E-state index in [1.54, 1.807) is 24.0 Å². The van der Waals surface area contributed by atoms with Gasteiger partial charge in [0.1, 0.15) is 0 Å². The highest BCUT2D eigenvalue weighted by molar-refractivity contribution is 6.02. The lowest BCUT2D eigenvalue weighted by Crippen LogP contribution is -2.05. The number of carbonyl (C=O) groups excluding carboxylic acids is 1. The highest BCUT2D eigenvalue weighted by atomic mass is 16.1. The molecule has 0 N–H and O–H groups in total. The van der Waals surface area contributed by atoms with Crippen LogP contribution in [0.3, 0.4) is 0 Å². The smallest absolute Gasteiger partial charge is 0.182 e. The van der Waals surface area contributed by atoms with Crippen LogP contribution < -0.4 is 0 Å². The van der Waals surface area contributed by atoms with Gasteiger partial charge >= 0.3 is 0 Å². The molecule has 3 aromatic heterocycles. The Labute approximate surface area is 102 Å². The summed E-state index contributed by atoms with van der Waals surface area (Å²) in [6.07, 6.45) is 3.49. The van der Waals surface area contributed by atoms with E-state index < -0.39 is 0 Å². The molecule has 0 unspecified atom stereocenters. The van der Waals surface area contributed by atoms with Crippen molar-refractivity contribution in [2.75, 3.05) is 0 Å². The average Bonchev–Trinajstić information content (AvgIpc) is 2.95. The van der Waals surface area contributed by atoms with Gasteiger partial charge in [-0.05, 0) is 17.3 Å². The number of aromatic nitrogens is 6. The Balaban J connectivity index is 1.92. The topological polar surface area (TPSA) is 78.0 Å². The summed E-state index contributed by atoms with van der Waals surface area (Å²) in [5.74, 6) is 0.349. The molecule has 0 spiro atoms. The molecular formula is C11H10N6O. The van der Waals surface area contributed by atoms with E-state index in [9.17, 15) is 4.79 Å². The van der Waals surface area contributed by atoms with Crippen LogP contribution >= 0.6 is 0 Å². The molecule has 0 saturated heterocycles. The van der Waals surface area contributed by atoms with Crippen LogP contribution in [0.4, 0.5) is 0 Å². The molecule has 90 valence electrons. The summed E-state index contributed by atoms with van der Waals surface area (Å²) in [6, 6.07) is 5.58. The molecule has 0 radical (unpaired) electrons. The summed E-state index contributed by atoms with van der Waals surface area (Å²) in [4.78, 5) is 13.5. The molecule has 3 aromatic rings. The minimum atomic E-state index is -0.0656. The van der Waals surface area contributed by atoms with Crippen molar-refractivity contribution >= 4 is 11.3 Å². The first-order chi connectivity index (χ1) is 8.74. The molecule has 7 heteroatoms. The third kappa shape index (κ3) is 1.75. The number of rotatable bonds is 3. The standard InChI is InChI=1S/C11H10N6O/c1-16-14-11(13-15-16)6-10(18)8-7-12-17-5-3-2-4-9(8)17/h2-5,7H,6H2,1H3. The van der Waals surface area contributed by atoms with Gasteiger partial charge in [-0.1, -0.05) is 6.07 Å². The van der Waals surface area contributed by atoms with Gasteiger partial charge in [0.15, 0.2) is 11.6 Å². The molecule has 3 rings (SSSR count). The molecule has 0 aliphatic rings. The van der Waals surface area contributed by atoms with Gasteiger partial charge in [-0.15, -0.1) is 10.2 Å². The summed E-state index contributed by atoms with van der Waals surface area (Å²) in [5.41, 5.74) is 1.36. The Kier molecular flexibility index (Phi) is 2.36. The molecule has 0 aromatic carbocycles. The van der Waals surface area contributed by atoms with Crippen LogP contribution in [0.2, 0.25) is 0 Å². The number of fused-ring (bicyclic) bond motifs is 1. The third-order valence-electron chi connectivity index (χ3n) is 2.60. The number of ketones is 1. The van der Waals surface area contributed by atoms with Gasteiger partial charge in [0.25, 0.3) is 0 Å². The van der Waals surface area contributed by atoms with Gasteiger partial charge in [-0.25, -0.2) is 4.52 Å². The number of hydrogen-bond donors (Lipinski definition) is 0. The van der Waals surface area contributed by atoms with Crippen molar-refractivity contribution in [1.82, 2.24) is 29.8 Å². The quantitative estimate of drug-likeness (QED) is 0.616. The highest BCUT2D eigenvalue weighted by Crippen LogP contribution is 2.12. The van der Waals surface area contributed by atoms with E-state index in [0.717, 1.165) is 5.52 Å². The Morgan fingerprint density at radius 1 is 1.39 bits per heavy atom. The van der Waals surface area contributed by atoms with E-state index in [0.29, 0.717) is 11.4 Å². The SMILES string of the molecule is Cn1nnc(CC(=O)c2cnn3ccccc23)n1.